The number of anilines is 1. The highest BCUT2D eigenvalue weighted by molar-refractivity contribution is 6.30. The van der Waals surface area contributed by atoms with Crippen molar-refractivity contribution < 1.29 is 14.7 Å². The van der Waals surface area contributed by atoms with Crippen LogP contribution in [0.25, 0.3) is 0 Å². The maximum atomic E-state index is 12.6. The number of rotatable bonds is 5. The van der Waals surface area contributed by atoms with Crippen LogP contribution < -0.4 is 4.90 Å². The van der Waals surface area contributed by atoms with E-state index in [1.54, 1.807) is 36.2 Å². The average Bonchev–Trinajstić information content (AvgIpc) is 2.67. The molecule has 1 amide bonds. The molecule has 0 atom stereocenters. The van der Waals surface area contributed by atoms with Gasteiger partial charge in [-0.25, -0.2) is 0 Å². The predicted octanol–water partition coefficient (Wildman–Crippen LogP) is 3.91. The SMILES string of the molecule is CN(Cc1cccc(N2CCC(C(=O)O)CC2)c1)C(=O)c1cccc(Cl)c1. The minimum atomic E-state index is -0.704. The number of carboxylic acids is 1. The molecule has 0 bridgehead atoms. The van der Waals surface area contributed by atoms with E-state index in [-0.39, 0.29) is 11.8 Å². The Morgan fingerprint density at radius 1 is 1.15 bits per heavy atom. The van der Waals surface area contributed by atoms with E-state index in [0.29, 0.717) is 30.0 Å². The Bertz CT molecular complexity index is 832. The first-order valence-corrected chi connectivity index (χ1v) is 9.39. The summed E-state index contributed by atoms with van der Waals surface area (Å²) >= 11 is 5.98. The van der Waals surface area contributed by atoms with Gasteiger partial charge in [0.1, 0.15) is 0 Å². The molecule has 0 aromatic heterocycles. The highest BCUT2D eigenvalue weighted by atomic mass is 35.5. The third-order valence-corrected chi connectivity index (χ3v) is 5.19. The van der Waals surface area contributed by atoms with Gasteiger partial charge in [-0.3, -0.25) is 9.59 Å². The van der Waals surface area contributed by atoms with Gasteiger partial charge in [-0.2, -0.15) is 0 Å². The molecule has 1 N–H and O–H groups in total. The number of hydrogen-bond donors (Lipinski definition) is 1. The number of carbonyl (C=O) groups excluding carboxylic acids is 1. The van der Waals surface area contributed by atoms with Crippen molar-refractivity contribution >= 4 is 29.2 Å². The number of aliphatic carboxylic acids is 1. The number of piperidine rings is 1. The summed E-state index contributed by atoms with van der Waals surface area (Å²) in [6.07, 6.45) is 1.32. The van der Waals surface area contributed by atoms with E-state index < -0.39 is 5.97 Å². The highest BCUT2D eigenvalue weighted by Gasteiger charge is 2.24. The Morgan fingerprint density at radius 2 is 1.85 bits per heavy atom. The fraction of sp³-hybridized carbons (Fsp3) is 0.333. The van der Waals surface area contributed by atoms with Crippen LogP contribution in [0.1, 0.15) is 28.8 Å². The van der Waals surface area contributed by atoms with Crippen molar-refractivity contribution in [2.24, 2.45) is 5.92 Å². The molecule has 1 heterocycles. The van der Waals surface area contributed by atoms with Gasteiger partial charge in [0.15, 0.2) is 0 Å². The molecule has 3 rings (SSSR count). The molecule has 1 aliphatic rings. The van der Waals surface area contributed by atoms with E-state index in [1.165, 1.54) is 0 Å². The van der Waals surface area contributed by atoms with Gasteiger partial charge in [-0.05, 0) is 48.7 Å². The van der Waals surface area contributed by atoms with Crippen molar-refractivity contribution in [1.82, 2.24) is 4.90 Å². The lowest BCUT2D eigenvalue weighted by atomic mass is 9.96. The molecule has 2 aromatic rings. The van der Waals surface area contributed by atoms with Gasteiger partial charge in [-0.15, -0.1) is 0 Å². The first kappa shape index (κ1) is 19.2. The summed E-state index contributed by atoms with van der Waals surface area (Å²) in [6, 6.07) is 15.0. The molecule has 0 aliphatic carbocycles. The predicted molar refractivity (Wildman–Crippen MR) is 106 cm³/mol. The summed E-state index contributed by atoms with van der Waals surface area (Å²) < 4.78 is 0. The van der Waals surface area contributed by atoms with Crippen molar-refractivity contribution in [1.29, 1.82) is 0 Å². The molecule has 6 heteroatoms. The number of amides is 1. The Kier molecular flexibility index (Phi) is 6.01. The van der Waals surface area contributed by atoms with Gasteiger partial charge < -0.3 is 14.9 Å². The second kappa shape index (κ2) is 8.44. The Balaban J connectivity index is 1.65. The van der Waals surface area contributed by atoms with Crippen LogP contribution in [-0.2, 0) is 11.3 Å². The van der Waals surface area contributed by atoms with E-state index >= 15 is 0 Å². The van der Waals surface area contributed by atoms with Crippen LogP contribution in [0.2, 0.25) is 5.02 Å². The molecule has 1 fully saturated rings. The zero-order valence-corrected chi connectivity index (χ0v) is 16.0. The summed E-state index contributed by atoms with van der Waals surface area (Å²) in [4.78, 5) is 27.6. The van der Waals surface area contributed by atoms with Crippen LogP contribution in [-0.4, -0.2) is 42.0 Å². The topological polar surface area (TPSA) is 60.9 Å². The molecule has 1 saturated heterocycles. The maximum Gasteiger partial charge on any atom is 0.306 e. The van der Waals surface area contributed by atoms with Crippen molar-refractivity contribution in [3.63, 3.8) is 0 Å². The lowest BCUT2D eigenvalue weighted by Crippen LogP contribution is -2.36. The molecule has 2 aromatic carbocycles. The molecule has 0 saturated carbocycles. The van der Waals surface area contributed by atoms with Crippen molar-refractivity contribution in [2.75, 3.05) is 25.0 Å². The number of carbonyl (C=O) groups is 2. The van der Waals surface area contributed by atoms with Gasteiger partial charge in [0.25, 0.3) is 5.91 Å². The van der Waals surface area contributed by atoms with Crippen LogP contribution in [0.5, 0.6) is 0 Å². The van der Waals surface area contributed by atoms with Crippen LogP contribution >= 0.6 is 11.6 Å². The third-order valence-electron chi connectivity index (χ3n) is 4.96. The number of halogens is 1. The monoisotopic (exact) mass is 386 g/mol. The molecule has 0 spiro atoms. The zero-order chi connectivity index (χ0) is 19.4. The van der Waals surface area contributed by atoms with Crippen molar-refractivity contribution in [2.45, 2.75) is 19.4 Å². The molecule has 27 heavy (non-hydrogen) atoms. The second-order valence-corrected chi connectivity index (χ2v) is 7.38. The van der Waals surface area contributed by atoms with Crippen molar-refractivity contribution in [3.05, 3.63) is 64.7 Å². The van der Waals surface area contributed by atoms with Crippen LogP contribution in [0.3, 0.4) is 0 Å². The molecule has 0 radical (unpaired) electrons. The largest absolute Gasteiger partial charge is 0.481 e. The van der Waals surface area contributed by atoms with Gasteiger partial charge in [-0.1, -0.05) is 29.8 Å². The summed E-state index contributed by atoms with van der Waals surface area (Å²) in [7, 11) is 1.77. The molecule has 5 nitrogen and oxygen atoms in total. The van der Waals surface area contributed by atoms with Gasteiger partial charge in [0.2, 0.25) is 0 Å². The fourth-order valence-electron chi connectivity index (χ4n) is 3.42. The number of benzene rings is 2. The Labute approximate surface area is 164 Å². The van der Waals surface area contributed by atoms with E-state index in [2.05, 4.69) is 11.0 Å². The molecule has 1 aliphatic heterocycles. The standard InChI is InChI=1S/C21H23ClN2O3/c1-23(20(25)17-5-3-6-18(22)13-17)14-15-4-2-7-19(12-15)24-10-8-16(9-11-24)21(26)27/h2-7,12-13,16H,8-11,14H2,1H3,(H,26,27). The molecule has 142 valence electrons. The maximum absolute atomic E-state index is 12.6. The van der Waals surface area contributed by atoms with Crippen molar-refractivity contribution in [3.8, 4) is 0 Å². The van der Waals surface area contributed by atoms with Crippen LogP contribution in [0.4, 0.5) is 5.69 Å². The number of carboxylic acid groups (broad SMARTS) is 1. The van der Waals surface area contributed by atoms with Gasteiger partial charge in [0.05, 0.1) is 5.92 Å². The first-order chi connectivity index (χ1) is 12.9. The number of nitrogens with zero attached hydrogens (tertiary/aromatic N) is 2. The smallest absolute Gasteiger partial charge is 0.306 e. The summed E-state index contributed by atoms with van der Waals surface area (Å²) in [5, 5.41) is 9.68. The summed E-state index contributed by atoms with van der Waals surface area (Å²) in [5.41, 5.74) is 2.67. The Morgan fingerprint density at radius 3 is 2.52 bits per heavy atom. The van der Waals surface area contributed by atoms with E-state index in [4.69, 9.17) is 16.7 Å². The normalized spacial score (nSPS) is 14.8. The fourth-order valence-corrected chi connectivity index (χ4v) is 3.61. The molecular weight excluding hydrogens is 364 g/mol. The van der Waals surface area contributed by atoms with E-state index in [0.717, 1.165) is 24.3 Å². The number of hydrogen-bond acceptors (Lipinski definition) is 3. The molecular formula is C21H23ClN2O3. The third kappa shape index (κ3) is 4.80. The lowest BCUT2D eigenvalue weighted by molar-refractivity contribution is -0.142. The van der Waals surface area contributed by atoms with Gasteiger partial charge in [0, 0.05) is 43.0 Å². The van der Waals surface area contributed by atoms with Crippen LogP contribution in [0.15, 0.2) is 48.5 Å². The lowest BCUT2D eigenvalue weighted by Gasteiger charge is -2.32. The Hall–Kier alpha value is -2.53. The minimum absolute atomic E-state index is 0.0785. The highest BCUT2D eigenvalue weighted by Crippen LogP contribution is 2.25. The summed E-state index contributed by atoms with van der Waals surface area (Å²) in [6.45, 7) is 1.96. The van der Waals surface area contributed by atoms with E-state index in [1.807, 2.05) is 18.2 Å². The summed E-state index contributed by atoms with van der Waals surface area (Å²) in [5.74, 6) is -1.03. The quantitative estimate of drug-likeness (QED) is 0.846. The average molecular weight is 387 g/mol. The molecule has 0 unspecified atom stereocenters. The zero-order valence-electron chi connectivity index (χ0n) is 15.3. The van der Waals surface area contributed by atoms with E-state index in [9.17, 15) is 9.59 Å². The minimum Gasteiger partial charge on any atom is -0.481 e. The van der Waals surface area contributed by atoms with Crippen LogP contribution in [0, 0.1) is 5.92 Å². The first-order valence-electron chi connectivity index (χ1n) is 9.02. The second-order valence-electron chi connectivity index (χ2n) is 6.94. The van der Waals surface area contributed by atoms with Gasteiger partial charge >= 0.3 is 5.97 Å².